The first-order valence-corrected chi connectivity index (χ1v) is 11.3. The van der Waals surface area contributed by atoms with Crippen LogP contribution in [0.1, 0.15) is 35.7 Å². The molecular weight excluding hydrogens is 459 g/mol. The van der Waals surface area contributed by atoms with Crippen LogP contribution < -0.4 is 4.74 Å². The zero-order chi connectivity index (χ0) is 24.7. The van der Waals surface area contributed by atoms with Crippen LogP contribution in [0, 0.1) is 24.4 Å². The van der Waals surface area contributed by atoms with Crippen LogP contribution in [0.25, 0.3) is 11.8 Å². The lowest BCUT2D eigenvalue weighted by atomic mass is 9.91. The number of methoxy groups -OCH3 is 1. The average molecular weight is 483 g/mol. The molecule has 2 fully saturated rings. The van der Waals surface area contributed by atoms with Crippen molar-refractivity contribution in [3.8, 4) is 11.4 Å². The molecule has 6 nitrogen and oxygen atoms in total. The predicted octanol–water partition coefficient (Wildman–Crippen LogP) is 4.75. The molecule has 35 heavy (non-hydrogen) atoms. The highest BCUT2D eigenvalue weighted by Crippen LogP contribution is 2.37. The zero-order valence-corrected chi connectivity index (χ0v) is 19.3. The third kappa shape index (κ3) is 4.32. The van der Waals surface area contributed by atoms with Gasteiger partial charge in [0.1, 0.15) is 5.75 Å². The van der Waals surface area contributed by atoms with Crippen LogP contribution in [0.15, 0.2) is 48.4 Å². The van der Waals surface area contributed by atoms with Crippen LogP contribution in [0.3, 0.4) is 0 Å². The number of imidazole rings is 1. The Morgan fingerprint density at radius 2 is 1.91 bits per heavy atom. The molecule has 0 spiro atoms. The Hall–Kier alpha value is -3.59. The molecule has 9 heteroatoms. The van der Waals surface area contributed by atoms with E-state index in [2.05, 4.69) is 4.98 Å². The van der Waals surface area contributed by atoms with Crippen molar-refractivity contribution in [2.24, 2.45) is 0 Å². The highest BCUT2D eigenvalue weighted by Gasteiger charge is 2.40. The van der Waals surface area contributed by atoms with Crippen LogP contribution in [0.5, 0.6) is 5.75 Å². The third-order valence-corrected chi connectivity index (χ3v) is 6.50. The molecule has 2 aliphatic heterocycles. The molecule has 3 aromatic rings. The van der Waals surface area contributed by atoms with Crippen LogP contribution in [-0.2, 0) is 9.53 Å². The fourth-order valence-corrected chi connectivity index (χ4v) is 4.77. The van der Waals surface area contributed by atoms with Crippen molar-refractivity contribution in [2.45, 2.75) is 31.8 Å². The number of amides is 1. The maximum atomic E-state index is 13.9. The van der Waals surface area contributed by atoms with Gasteiger partial charge in [0.2, 0.25) is 0 Å². The fourth-order valence-electron chi connectivity index (χ4n) is 4.77. The summed E-state index contributed by atoms with van der Waals surface area (Å²) in [5.74, 6) is -3.71. The van der Waals surface area contributed by atoms with Crippen LogP contribution >= 0.6 is 0 Å². The molecule has 0 unspecified atom stereocenters. The first-order chi connectivity index (χ1) is 16.9. The number of benzene rings is 2. The Labute approximate surface area is 200 Å². The molecular formula is C26H24F3N3O3. The van der Waals surface area contributed by atoms with E-state index in [1.165, 1.54) is 0 Å². The Morgan fingerprint density at radius 3 is 2.60 bits per heavy atom. The lowest BCUT2D eigenvalue weighted by molar-refractivity contribution is -0.145. The van der Waals surface area contributed by atoms with Crippen LogP contribution in [0.4, 0.5) is 13.2 Å². The highest BCUT2D eigenvalue weighted by atomic mass is 19.2. The monoisotopic (exact) mass is 483 g/mol. The molecule has 0 aliphatic carbocycles. The molecule has 2 saturated heterocycles. The standard InChI is InChI=1S/C26H24F3N3O3/c1-15-11-31(14-30-15)22-6-3-16(8-24(22)34-2)7-17-4-5-19-12-35-13-23(32(19)26(17)33)18-9-20(27)25(29)21(28)10-18/h3,6-11,14,19,23H,4-5,12-13H2,1-2H3/t19-,23-/m0/s1. The summed E-state index contributed by atoms with van der Waals surface area (Å²) in [4.78, 5) is 19.4. The number of morpholine rings is 1. The van der Waals surface area contributed by atoms with Gasteiger partial charge in [-0.15, -0.1) is 0 Å². The zero-order valence-electron chi connectivity index (χ0n) is 19.3. The fraction of sp³-hybridized carbons (Fsp3) is 0.308. The van der Waals surface area contributed by atoms with Gasteiger partial charge in [0, 0.05) is 11.8 Å². The van der Waals surface area contributed by atoms with E-state index in [1.54, 1.807) is 18.3 Å². The minimum atomic E-state index is -1.53. The number of rotatable bonds is 4. The molecule has 182 valence electrons. The van der Waals surface area contributed by atoms with E-state index in [1.807, 2.05) is 42.0 Å². The number of nitrogens with zero attached hydrogens (tertiary/aromatic N) is 3. The number of halogens is 3. The summed E-state index contributed by atoms with van der Waals surface area (Å²) in [6, 6.07) is 6.55. The van der Waals surface area contributed by atoms with Gasteiger partial charge in [-0.3, -0.25) is 4.79 Å². The second-order valence-corrected chi connectivity index (χ2v) is 8.78. The Kier molecular flexibility index (Phi) is 6.10. The number of fused-ring (bicyclic) bond motifs is 1. The number of ether oxygens (including phenoxy) is 2. The van der Waals surface area contributed by atoms with Gasteiger partial charge in [0.05, 0.1) is 50.1 Å². The number of piperidine rings is 1. The van der Waals surface area contributed by atoms with Crippen molar-refractivity contribution < 1.29 is 27.4 Å². The van der Waals surface area contributed by atoms with Gasteiger partial charge in [-0.25, -0.2) is 18.2 Å². The van der Waals surface area contributed by atoms with Gasteiger partial charge in [-0.05, 0) is 61.2 Å². The summed E-state index contributed by atoms with van der Waals surface area (Å²) < 4.78 is 54.4. The van der Waals surface area contributed by atoms with Crippen molar-refractivity contribution in [3.63, 3.8) is 0 Å². The highest BCUT2D eigenvalue weighted by molar-refractivity contribution is 5.99. The minimum Gasteiger partial charge on any atom is -0.495 e. The molecule has 1 amide bonds. The van der Waals surface area contributed by atoms with Gasteiger partial charge < -0.3 is 18.9 Å². The summed E-state index contributed by atoms with van der Waals surface area (Å²) in [5, 5.41) is 0. The molecule has 0 N–H and O–H groups in total. The van der Waals surface area contributed by atoms with Crippen molar-refractivity contribution in [3.05, 3.63) is 82.7 Å². The van der Waals surface area contributed by atoms with Crippen LogP contribution in [0.2, 0.25) is 0 Å². The lowest BCUT2D eigenvalue weighted by Crippen LogP contribution is -2.53. The van der Waals surface area contributed by atoms with Crippen molar-refractivity contribution in [1.29, 1.82) is 0 Å². The van der Waals surface area contributed by atoms with Gasteiger partial charge in [0.25, 0.3) is 5.91 Å². The van der Waals surface area contributed by atoms with Gasteiger partial charge in [-0.2, -0.15) is 0 Å². The number of carbonyl (C=O) groups is 1. The van der Waals surface area contributed by atoms with E-state index in [0.717, 1.165) is 29.1 Å². The number of aromatic nitrogens is 2. The topological polar surface area (TPSA) is 56.6 Å². The number of aryl methyl sites for hydroxylation is 1. The summed E-state index contributed by atoms with van der Waals surface area (Å²) in [6.07, 6.45) is 6.58. The van der Waals surface area contributed by atoms with Crippen molar-refractivity contribution in [2.75, 3.05) is 20.3 Å². The summed E-state index contributed by atoms with van der Waals surface area (Å²) >= 11 is 0. The molecule has 0 radical (unpaired) electrons. The molecule has 2 aromatic carbocycles. The van der Waals surface area contributed by atoms with E-state index < -0.39 is 23.5 Å². The molecule has 2 aliphatic rings. The Morgan fingerprint density at radius 1 is 1.14 bits per heavy atom. The molecule has 1 aromatic heterocycles. The Balaban J connectivity index is 1.46. The first kappa shape index (κ1) is 23.2. The molecule has 3 heterocycles. The van der Waals surface area contributed by atoms with Crippen LogP contribution in [-0.4, -0.2) is 46.7 Å². The summed E-state index contributed by atoms with van der Waals surface area (Å²) in [7, 11) is 1.58. The summed E-state index contributed by atoms with van der Waals surface area (Å²) in [6.45, 7) is 2.32. The van der Waals surface area contributed by atoms with Gasteiger partial charge >= 0.3 is 0 Å². The SMILES string of the molecule is COc1cc(C=C2CC[C@H]3COC[C@@H](c4cc(F)c(F)c(F)c4)N3C2=O)ccc1-n1cnc(C)c1. The maximum absolute atomic E-state index is 13.9. The molecule has 0 saturated carbocycles. The molecule has 2 atom stereocenters. The van der Waals surface area contributed by atoms with E-state index in [0.29, 0.717) is 30.8 Å². The number of hydrogen-bond acceptors (Lipinski definition) is 4. The lowest BCUT2D eigenvalue weighted by Gasteiger charge is -2.45. The van der Waals surface area contributed by atoms with Gasteiger partial charge in [-0.1, -0.05) is 6.07 Å². The normalized spacial score (nSPS) is 21.3. The van der Waals surface area contributed by atoms with Crippen molar-refractivity contribution >= 4 is 12.0 Å². The van der Waals surface area contributed by atoms with Crippen molar-refractivity contribution in [1.82, 2.24) is 14.5 Å². The minimum absolute atomic E-state index is 0.0763. The largest absolute Gasteiger partial charge is 0.495 e. The van der Waals surface area contributed by atoms with E-state index in [4.69, 9.17) is 9.47 Å². The first-order valence-electron chi connectivity index (χ1n) is 11.3. The van der Waals surface area contributed by atoms with E-state index in [-0.39, 0.29) is 24.1 Å². The molecule has 0 bridgehead atoms. The number of carbonyl (C=O) groups excluding carboxylic acids is 1. The van der Waals surface area contributed by atoms with E-state index >= 15 is 0 Å². The second-order valence-electron chi connectivity index (χ2n) is 8.78. The second kappa shape index (κ2) is 9.22. The predicted molar refractivity (Wildman–Crippen MR) is 123 cm³/mol. The smallest absolute Gasteiger partial charge is 0.250 e. The third-order valence-electron chi connectivity index (χ3n) is 6.50. The molecule has 5 rings (SSSR count). The quantitative estimate of drug-likeness (QED) is 0.397. The maximum Gasteiger partial charge on any atom is 0.250 e. The average Bonchev–Trinajstić information content (AvgIpc) is 3.29. The number of hydrogen-bond donors (Lipinski definition) is 0. The van der Waals surface area contributed by atoms with Gasteiger partial charge in [0.15, 0.2) is 17.5 Å². The Bertz CT molecular complexity index is 1300. The summed E-state index contributed by atoms with van der Waals surface area (Å²) in [5.41, 5.74) is 3.22. The van der Waals surface area contributed by atoms with E-state index in [9.17, 15) is 18.0 Å².